The first-order chi connectivity index (χ1) is 16.5. The summed E-state index contributed by atoms with van der Waals surface area (Å²) in [5.41, 5.74) is 1.75. The molecule has 11 nitrogen and oxygen atoms in total. The number of benzene rings is 2. The van der Waals surface area contributed by atoms with Crippen LogP contribution in [-0.4, -0.2) is 31.2 Å². The Balaban J connectivity index is 1.78. The number of carbonyl (C=O) groups excluding carboxylic acids is 1. The standard InChI is InChI=1S/C22H16Cl2N6O5/c1-11-16(10-17-12(2)26-28(22(17)31)20-8-14(23)4-6-18(20)24)13(3)27(25-11)19-7-5-15(29(32)33)9-21(19)30(34)35/h4-10H,1-3H3/b17-10+. The first-order valence-corrected chi connectivity index (χ1v) is 10.8. The third-order valence-corrected chi connectivity index (χ3v) is 5.98. The van der Waals surface area contributed by atoms with Gasteiger partial charge < -0.3 is 0 Å². The van der Waals surface area contributed by atoms with Crippen LogP contribution in [0, 0.1) is 34.1 Å². The molecule has 0 spiro atoms. The summed E-state index contributed by atoms with van der Waals surface area (Å²) in [6, 6.07) is 8.01. The Labute approximate surface area is 208 Å². The van der Waals surface area contributed by atoms with E-state index in [1.807, 2.05) is 0 Å². The van der Waals surface area contributed by atoms with Gasteiger partial charge in [0, 0.05) is 22.3 Å². The number of carbonyl (C=O) groups is 1. The quantitative estimate of drug-likeness (QED) is 0.253. The van der Waals surface area contributed by atoms with Crippen LogP contribution in [-0.2, 0) is 4.79 Å². The van der Waals surface area contributed by atoms with Crippen molar-refractivity contribution < 1.29 is 14.6 Å². The van der Waals surface area contributed by atoms with Crippen LogP contribution in [0.5, 0.6) is 0 Å². The minimum atomic E-state index is -0.709. The van der Waals surface area contributed by atoms with E-state index in [2.05, 4.69) is 10.2 Å². The molecular formula is C22H16Cl2N6O5. The van der Waals surface area contributed by atoms with Crippen LogP contribution in [0.3, 0.4) is 0 Å². The van der Waals surface area contributed by atoms with Gasteiger partial charge in [0.25, 0.3) is 11.6 Å². The van der Waals surface area contributed by atoms with Gasteiger partial charge in [-0.05, 0) is 51.1 Å². The molecule has 2 aromatic carbocycles. The maximum atomic E-state index is 13.2. The summed E-state index contributed by atoms with van der Waals surface area (Å²) in [6.45, 7) is 5.03. The fourth-order valence-corrected chi connectivity index (χ4v) is 4.05. The maximum Gasteiger partial charge on any atom is 0.301 e. The Morgan fingerprint density at radius 1 is 0.971 bits per heavy atom. The molecule has 3 aromatic rings. The van der Waals surface area contributed by atoms with E-state index in [9.17, 15) is 25.0 Å². The van der Waals surface area contributed by atoms with Crippen LogP contribution in [0.4, 0.5) is 17.1 Å². The summed E-state index contributed by atoms with van der Waals surface area (Å²) in [5, 5.41) is 33.2. The van der Waals surface area contributed by atoms with Gasteiger partial charge in [-0.15, -0.1) is 0 Å². The van der Waals surface area contributed by atoms with Gasteiger partial charge >= 0.3 is 5.69 Å². The predicted molar refractivity (Wildman–Crippen MR) is 131 cm³/mol. The molecule has 0 atom stereocenters. The minimum Gasteiger partial charge on any atom is -0.267 e. The van der Waals surface area contributed by atoms with Gasteiger partial charge in [-0.25, -0.2) is 4.68 Å². The van der Waals surface area contributed by atoms with Crippen LogP contribution in [0.2, 0.25) is 10.0 Å². The molecular weight excluding hydrogens is 499 g/mol. The second-order valence-electron chi connectivity index (χ2n) is 7.64. The van der Waals surface area contributed by atoms with E-state index in [1.165, 1.54) is 22.9 Å². The Bertz CT molecular complexity index is 1490. The average Bonchev–Trinajstić information content (AvgIpc) is 3.25. The SMILES string of the molecule is CC1=NN(c2cc(Cl)ccc2Cl)C(=O)/C1=C/c1c(C)nn(-c2ccc([N+](=O)[O-])cc2[N+](=O)[O-])c1C. The van der Waals surface area contributed by atoms with Gasteiger partial charge in [0.1, 0.15) is 5.69 Å². The van der Waals surface area contributed by atoms with E-state index < -0.39 is 27.1 Å². The van der Waals surface area contributed by atoms with Crippen molar-refractivity contribution in [2.24, 2.45) is 5.10 Å². The van der Waals surface area contributed by atoms with Crippen molar-refractivity contribution in [2.45, 2.75) is 20.8 Å². The van der Waals surface area contributed by atoms with Gasteiger partial charge in [-0.2, -0.15) is 15.2 Å². The number of nitrogens with zero attached hydrogens (tertiary/aromatic N) is 6. The summed E-state index contributed by atoms with van der Waals surface area (Å²) in [5.74, 6) is -0.431. The molecule has 1 aliphatic heterocycles. The van der Waals surface area contributed by atoms with Gasteiger partial charge in [0.05, 0.1) is 43.6 Å². The Morgan fingerprint density at radius 3 is 2.34 bits per heavy atom. The highest BCUT2D eigenvalue weighted by Gasteiger charge is 2.31. The topological polar surface area (TPSA) is 137 Å². The second-order valence-corrected chi connectivity index (χ2v) is 8.48. The molecule has 178 valence electrons. The average molecular weight is 515 g/mol. The third-order valence-electron chi connectivity index (χ3n) is 5.43. The van der Waals surface area contributed by atoms with Crippen molar-refractivity contribution in [3.05, 3.63) is 89.2 Å². The summed E-state index contributed by atoms with van der Waals surface area (Å²) < 4.78 is 1.32. The second kappa shape index (κ2) is 8.93. The number of amides is 1. The molecule has 1 amide bonds. The lowest BCUT2D eigenvalue weighted by Gasteiger charge is -2.13. The number of aryl methyl sites for hydroxylation is 1. The van der Waals surface area contributed by atoms with Crippen molar-refractivity contribution in [1.29, 1.82) is 0 Å². The zero-order chi connectivity index (χ0) is 25.6. The molecule has 0 bridgehead atoms. The van der Waals surface area contributed by atoms with Crippen LogP contribution in [0.1, 0.15) is 23.9 Å². The Kier molecular flexibility index (Phi) is 6.14. The van der Waals surface area contributed by atoms with E-state index in [4.69, 9.17) is 23.2 Å². The molecule has 0 unspecified atom stereocenters. The summed E-state index contributed by atoms with van der Waals surface area (Å²) in [7, 11) is 0. The van der Waals surface area contributed by atoms with Gasteiger partial charge in [-0.3, -0.25) is 25.0 Å². The first kappa shape index (κ1) is 24.0. The van der Waals surface area contributed by atoms with E-state index >= 15 is 0 Å². The Morgan fingerprint density at radius 2 is 1.69 bits per heavy atom. The van der Waals surface area contributed by atoms with Crippen LogP contribution in [0.25, 0.3) is 11.8 Å². The van der Waals surface area contributed by atoms with Crippen molar-refractivity contribution in [3.8, 4) is 5.69 Å². The summed E-state index contributed by atoms with van der Waals surface area (Å²) in [4.78, 5) is 34.4. The fraction of sp³-hybridized carbons (Fsp3) is 0.136. The van der Waals surface area contributed by atoms with E-state index in [-0.39, 0.29) is 11.3 Å². The Hall–Kier alpha value is -4.09. The van der Waals surface area contributed by atoms with Crippen molar-refractivity contribution in [3.63, 3.8) is 0 Å². The lowest BCUT2D eigenvalue weighted by atomic mass is 10.1. The van der Waals surface area contributed by atoms with Gasteiger partial charge in [0.15, 0.2) is 0 Å². The highest BCUT2D eigenvalue weighted by Crippen LogP contribution is 2.34. The number of rotatable bonds is 5. The van der Waals surface area contributed by atoms with Gasteiger partial charge in [0.2, 0.25) is 0 Å². The number of nitro benzene ring substituents is 2. The van der Waals surface area contributed by atoms with Crippen molar-refractivity contribution >= 4 is 58.0 Å². The van der Waals surface area contributed by atoms with Crippen LogP contribution >= 0.6 is 23.2 Å². The van der Waals surface area contributed by atoms with Crippen LogP contribution in [0.15, 0.2) is 47.1 Å². The molecule has 0 saturated heterocycles. The van der Waals surface area contributed by atoms with E-state index in [0.29, 0.717) is 38.4 Å². The molecule has 0 aliphatic carbocycles. The zero-order valence-electron chi connectivity index (χ0n) is 18.5. The molecule has 35 heavy (non-hydrogen) atoms. The van der Waals surface area contributed by atoms with Crippen molar-refractivity contribution in [1.82, 2.24) is 9.78 Å². The summed E-state index contributed by atoms with van der Waals surface area (Å²) in [6.07, 6.45) is 1.60. The van der Waals surface area contributed by atoms with E-state index in [1.54, 1.807) is 39.0 Å². The smallest absolute Gasteiger partial charge is 0.267 e. The maximum absolute atomic E-state index is 13.2. The van der Waals surface area contributed by atoms with E-state index in [0.717, 1.165) is 11.1 Å². The molecule has 0 saturated carbocycles. The molecule has 0 radical (unpaired) electrons. The predicted octanol–water partition coefficient (Wildman–Crippen LogP) is 5.42. The summed E-state index contributed by atoms with van der Waals surface area (Å²) >= 11 is 12.3. The molecule has 1 aliphatic rings. The lowest BCUT2D eigenvalue weighted by Crippen LogP contribution is -2.21. The molecule has 4 rings (SSSR count). The largest absolute Gasteiger partial charge is 0.301 e. The minimum absolute atomic E-state index is 0.0568. The number of hydrogen-bond acceptors (Lipinski definition) is 7. The number of aromatic nitrogens is 2. The highest BCUT2D eigenvalue weighted by molar-refractivity contribution is 6.38. The lowest BCUT2D eigenvalue weighted by molar-refractivity contribution is -0.394. The number of halogens is 2. The highest BCUT2D eigenvalue weighted by atomic mass is 35.5. The van der Waals surface area contributed by atoms with Crippen molar-refractivity contribution in [2.75, 3.05) is 5.01 Å². The number of hydrazone groups is 1. The zero-order valence-corrected chi connectivity index (χ0v) is 20.0. The first-order valence-electron chi connectivity index (χ1n) is 10.1. The number of non-ortho nitro benzene ring substituents is 1. The normalized spacial score (nSPS) is 14.5. The number of nitro groups is 2. The molecule has 1 aromatic heterocycles. The monoisotopic (exact) mass is 514 g/mol. The molecule has 2 heterocycles. The van der Waals surface area contributed by atoms with Crippen LogP contribution < -0.4 is 5.01 Å². The number of anilines is 1. The fourth-order valence-electron chi connectivity index (χ4n) is 3.69. The molecule has 0 fully saturated rings. The molecule has 0 N–H and O–H groups in total. The van der Waals surface area contributed by atoms with Gasteiger partial charge in [-0.1, -0.05) is 23.2 Å². The molecule has 13 heteroatoms. The third kappa shape index (κ3) is 4.27. The number of hydrogen-bond donors (Lipinski definition) is 0.